The van der Waals surface area contributed by atoms with Crippen molar-refractivity contribution >= 4 is 5.91 Å². The molecule has 0 bridgehead atoms. The smallest absolute Gasteiger partial charge is 0.226 e. The van der Waals surface area contributed by atoms with Gasteiger partial charge in [0.25, 0.3) is 0 Å². The van der Waals surface area contributed by atoms with Gasteiger partial charge in [-0.3, -0.25) is 9.78 Å². The van der Waals surface area contributed by atoms with Gasteiger partial charge in [0, 0.05) is 36.8 Å². The van der Waals surface area contributed by atoms with Crippen LogP contribution in [0.25, 0.3) is 0 Å². The van der Waals surface area contributed by atoms with Crippen molar-refractivity contribution < 1.29 is 4.79 Å². The maximum Gasteiger partial charge on any atom is 0.226 e. The number of rotatable bonds is 4. The van der Waals surface area contributed by atoms with Gasteiger partial charge in [-0.25, -0.2) is 0 Å². The molecule has 2 aliphatic rings. The van der Waals surface area contributed by atoms with Gasteiger partial charge in [0.2, 0.25) is 5.91 Å². The number of hydrogen-bond donors (Lipinski definition) is 0. The summed E-state index contributed by atoms with van der Waals surface area (Å²) < 4.78 is 0. The quantitative estimate of drug-likeness (QED) is 0.604. The zero-order valence-electron chi connectivity index (χ0n) is 18.7. The third kappa shape index (κ3) is 4.66. The van der Waals surface area contributed by atoms with Crippen LogP contribution in [0.4, 0.5) is 0 Å². The van der Waals surface area contributed by atoms with Gasteiger partial charge in [0.1, 0.15) is 0 Å². The van der Waals surface area contributed by atoms with E-state index < -0.39 is 0 Å². The number of carbonyl (C=O) groups is 1. The fourth-order valence-electron chi connectivity index (χ4n) is 4.92. The molecule has 1 atom stereocenters. The summed E-state index contributed by atoms with van der Waals surface area (Å²) in [7, 11) is 0. The van der Waals surface area contributed by atoms with Crippen LogP contribution in [0.3, 0.4) is 0 Å². The van der Waals surface area contributed by atoms with E-state index in [1.54, 1.807) is 0 Å². The minimum Gasteiger partial charge on any atom is -0.342 e. The largest absolute Gasteiger partial charge is 0.342 e. The first-order chi connectivity index (χ1) is 14.5. The predicted octanol–water partition coefficient (Wildman–Crippen LogP) is 5.82. The first-order valence-corrected chi connectivity index (χ1v) is 11.4. The minimum absolute atomic E-state index is 0.198. The highest BCUT2D eigenvalue weighted by Gasteiger charge is 2.30. The van der Waals surface area contributed by atoms with Crippen LogP contribution in [0.15, 0.2) is 53.7 Å². The average molecular weight is 403 g/mol. The molecule has 1 aromatic carbocycles. The monoisotopic (exact) mass is 402 g/mol. The molecule has 3 nitrogen and oxygen atoms in total. The number of aromatic nitrogens is 1. The molecule has 0 radical (unpaired) electrons. The van der Waals surface area contributed by atoms with Crippen molar-refractivity contribution in [2.75, 3.05) is 13.1 Å². The Morgan fingerprint density at radius 2 is 1.77 bits per heavy atom. The van der Waals surface area contributed by atoms with Crippen molar-refractivity contribution in [3.63, 3.8) is 0 Å². The van der Waals surface area contributed by atoms with Crippen molar-refractivity contribution in [2.24, 2.45) is 5.92 Å². The van der Waals surface area contributed by atoms with Crippen LogP contribution in [0.5, 0.6) is 0 Å². The molecule has 30 heavy (non-hydrogen) atoms. The molecule has 1 aliphatic heterocycles. The Balaban J connectivity index is 1.32. The highest BCUT2D eigenvalue weighted by atomic mass is 16.2. The highest BCUT2D eigenvalue weighted by molar-refractivity contribution is 5.79. The van der Waals surface area contributed by atoms with Gasteiger partial charge in [-0.05, 0) is 82.1 Å². The number of piperidine rings is 1. The van der Waals surface area contributed by atoms with Crippen molar-refractivity contribution in [3.05, 3.63) is 76.1 Å². The normalized spacial score (nSPS) is 20.5. The maximum atomic E-state index is 13.0. The number of amides is 1. The van der Waals surface area contributed by atoms with Crippen LogP contribution < -0.4 is 0 Å². The average Bonchev–Trinajstić information content (AvgIpc) is 2.77. The van der Waals surface area contributed by atoms with E-state index in [2.05, 4.69) is 62.1 Å². The lowest BCUT2D eigenvalue weighted by Crippen LogP contribution is -2.42. The number of nitrogens with zero attached hydrogens (tertiary/aromatic N) is 2. The molecule has 1 saturated heterocycles. The predicted molar refractivity (Wildman–Crippen MR) is 122 cm³/mol. The maximum absolute atomic E-state index is 13.0. The summed E-state index contributed by atoms with van der Waals surface area (Å²) in [5.41, 5.74) is 8.04. The van der Waals surface area contributed by atoms with Crippen LogP contribution in [0.2, 0.25) is 0 Å². The first-order valence-electron chi connectivity index (χ1n) is 11.4. The van der Waals surface area contributed by atoms with E-state index in [0.717, 1.165) is 51.6 Å². The van der Waals surface area contributed by atoms with Crippen molar-refractivity contribution in [1.29, 1.82) is 0 Å². The second-order valence-electron chi connectivity index (χ2n) is 9.29. The molecular weight excluding hydrogens is 368 g/mol. The van der Waals surface area contributed by atoms with Crippen molar-refractivity contribution in [1.82, 2.24) is 9.88 Å². The van der Waals surface area contributed by atoms with Gasteiger partial charge in [-0.2, -0.15) is 0 Å². The van der Waals surface area contributed by atoms with E-state index in [9.17, 15) is 4.79 Å². The molecule has 2 aromatic rings. The molecule has 3 heteroatoms. The van der Waals surface area contributed by atoms with Crippen LogP contribution in [0, 0.1) is 12.8 Å². The zero-order valence-corrected chi connectivity index (χ0v) is 18.7. The molecule has 2 heterocycles. The molecule has 0 N–H and O–H groups in total. The summed E-state index contributed by atoms with van der Waals surface area (Å²) in [5.74, 6) is 1.04. The van der Waals surface area contributed by atoms with Crippen LogP contribution >= 0.6 is 0 Å². The standard InChI is InChI=1S/C27H34N2O/c1-19-8-10-25(16-21(19)3)27(30)29-14-12-23(13-15-29)26-11-9-22(18-28-26)17-24-7-5-4-6-20(24)2/h4-7,9,11,18,23,25H,8,10,12-17H2,1-3H3/t25-/m1/s1. The number of aryl methyl sites for hydroxylation is 1. The molecule has 1 amide bonds. The van der Waals surface area contributed by atoms with Gasteiger partial charge < -0.3 is 4.90 Å². The summed E-state index contributed by atoms with van der Waals surface area (Å²) in [4.78, 5) is 19.9. The lowest BCUT2D eigenvalue weighted by Gasteiger charge is -2.35. The first kappa shape index (κ1) is 20.8. The second kappa shape index (κ2) is 9.16. The zero-order chi connectivity index (χ0) is 21.1. The van der Waals surface area contributed by atoms with E-state index in [4.69, 9.17) is 4.98 Å². The fourth-order valence-corrected chi connectivity index (χ4v) is 4.92. The Morgan fingerprint density at radius 3 is 2.43 bits per heavy atom. The number of likely N-dealkylation sites (tertiary alicyclic amines) is 1. The van der Waals surface area contributed by atoms with Gasteiger partial charge in [-0.1, -0.05) is 41.5 Å². The fraction of sp³-hybridized carbons (Fsp3) is 0.481. The molecule has 0 unspecified atom stereocenters. The van der Waals surface area contributed by atoms with E-state index in [1.807, 2.05) is 6.20 Å². The SMILES string of the molecule is CC1=C(C)C[C@H](C(=O)N2CCC(c3ccc(Cc4ccccc4C)cn3)CC2)CC1. The Bertz CT molecular complexity index is 920. The summed E-state index contributed by atoms with van der Waals surface area (Å²) in [6, 6.07) is 13.0. The van der Waals surface area contributed by atoms with Crippen molar-refractivity contribution in [3.8, 4) is 0 Å². The number of benzene rings is 1. The minimum atomic E-state index is 0.198. The van der Waals surface area contributed by atoms with E-state index in [-0.39, 0.29) is 5.92 Å². The van der Waals surface area contributed by atoms with E-state index in [1.165, 1.54) is 33.5 Å². The van der Waals surface area contributed by atoms with Crippen LogP contribution in [-0.4, -0.2) is 28.9 Å². The molecule has 4 rings (SSSR count). The van der Waals surface area contributed by atoms with Gasteiger partial charge in [-0.15, -0.1) is 0 Å². The molecule has 1 aliphatic carbocycles. The molecule has 0 saturated carbocycles. The lowest BCUT2D eigenvalue weighted by molar-refractivity contribution is -0.137. The number of pyridine rings is 1. The van der Waals surface area contributed by atoms with Gasteiger partial charge in [0.05, 0.1) is 0 Å². The Hall–Kier alpha value is -2.42. The number of hydrogen-bond acceptors (Lipinski definition) is 2. The Labute approximate surface area is 181 Å². The summed E-state index contributed by atoms with van der Waals surface area (Å²) >= 11 is 0. The number of allylic oxidation sites excluding steroid dienone is 2. The topological polar surface area (TPSA) is 33.2 Å². The Morgan fingerprint density at radius 1 is 1.00 bits per heavy atom. The summed E-state index contributed by atoms with van der Waals surface area (Å²) in [5, 5.41) is 0. The van der Waals surface area contributed by atoms with Gasteiger partial charge in [0.15, 0.2) is 0 Å². The Kier molecular flexibility index (Phi) is 6.36. The van der Waals surface area contributed by atoms with Gasteiger partial charge >= 0.3 is 0 Å². The third-order valence-electron chi connectivity index (χ3n) is 7.23. The highest BCUT2D eigenvalue weighted by Crippen LogP contribution is 2.33. The lowest BCUT2D eigenvalue weighted by atomic mass is 9.83. The molecule has 0 spiro atoms. The third-order valence-corrected chi connectivity index (χ3v) is 7.23. The molecule has 1 fully saturated rings. The molecular formula is C27H34N2O. The van der Waals surface area contributed by atoms with Crippen LogP contribution in [-0.2, 0) is 11.2 Å². The second-order valence-corrected chi connectivity index (χ2v) is 9.29. The summed E-state index contributed by atoms with van der Waals surface area (Å²) in [6.45, 7) is 8.30. The molecule has 1 aromatic heterocycles. The number of carbonyl (C=O) groups excluding carboxylic acids is 1. The van der Waals surface area contributed by atoms with E-state index >= 15 is 0 Å². The van der Waals surface area contributed by atoms with Crippen LogP contribution in [0.1, 0.15) is 74.3 Å². The summed E-state index contributed by atoms with van der Waals surface area (Å²) in [6.07, 6.45) is 8.07. The van der Waals surface area contributed by atoms with E-state index in [0.29, 0.717) is 11.8 Å². The molecule has 158 valence electrons. The van der Waals surface area contributed by atoms with Crippen molar-refractivity contribution in [2.45, 2.75) is 65.2 Å².